The number of non-ortho nitro benzene ring substituents is 1. The number of nitrogens with one attached hydrogen (secondary N) is 1. The second-order valence-electron chi connectivity index (χ2n) is 6.91. The van der Waals surface area contributed by atoms with E-state index >= 15 is 0 Å². The Balaban J connectivity index is 1.52. The first kappa shape index (κ1) is 19.2. The number of oxazole rings is 1. The third-order valence-corrected chi connectivity index (χ3v) is 4.87. The first-order chi connectivity index (χ1) is 15.5. The summed E-state index contributed by atoms with van der Waals surface area (Å²) in [6.07, 6.45) is 0. The van der Waals surface area contributed by atoms with Gasteiger partial charge in [-0.05, 0) is 30.3 Å². The van der Waals surface area contributed by atoms with E-state index in [9.17, 15) is 19.7 Å². The minimum Gasteiger partial charge on any atom is -0.436 e. The van der Waals surface area contributed by atoms with Crippen LogP contribution in [0.4, 0.5) is 11.4 Å². The molecule has 0 aliphatic carbocycles. The quantitative estimate of drug-likeness (QED) is 0.249. The van der Waals surface area contributed by atoms with E-state index in [4.69, 9.17) is 8.83 Å². The number of hydrogen-bond donors (Lipinski definition) is 1. The van der Waals surface area contributed by atoms with Crippen molar-refractivity contribution < 1.29 is 18.6 Å². The number of anilines is 1. The smallest absolute Gasteiger partial charge is 0.349 e. The van der Waals surface area contributed by atoms with E-state index < -0.39 is 16.5 Å². The van der Waals surface area contributed by atoms with Crippen molar-refractivity contribution in [2.75, 3.05) is 5.32 Å². The Morgan fingerprint density at radius 2 is 1.72 bits per heavy atom. The van der Waals surface area contributed by atoms with Crippen molar-refractivity contribution >= 4 is 39.4 Å². The molecule has 32 heavy (non-hydrogen) atoms. The number of amides is 1. The first-order valence-electron chi connectivity index (χ1n) is 9.48. The first-order valence-corrected chi connectivity index (χ1v) is 9.48. The SMILES string of the molecule is O=C(Nc1ccccc1-c1nc2cc([N+](=O)[O-])ccc2o1)c1cc2ccccc2oc1=O. The highest BCUT2D eigenvalue weighted by Crippen LogP contribution is 2.31. The number of carbonyl (C=O) groups excluding carboxylic acids is 1. The second-order valence-corrected chi connectivity index (χ2v) is 6.91. The van der Waals surface area contributed by atoms with Gasteiger partial charge in [0.1, 0.15) is 16.7 Å². The van der Waals surface area contributed by atoms with Gasteiger partial charge in [0.25, 0.3) is 11.6 Å². The summed E-state index contributed by atoms with van der Waals surface area (Å²) >= 11 is 0. The molecule has 0 fully saturated rings. The molecule has 0 aliphatic heterocycles. The summed E-state index contributed by atoms with van der Waals surface area (Å²) in [4.78, 5) is 40.0. The number of benzene rings is 3. The number of hydrogen-bond acceptors (Lipinski definition) is 7. The van der Waals surface area contributed by atoms with Gasteiger partial charge in [-0.15, -0.1) is 0 Å². The number of rotatable bonds is 4. The zero-order valence-electron chi connectivity index (χ0n) is 16.3. The van der Waals surface area contributed by atoms with Crippen LogP contribution in [0.1, 0.15) is 10.4 Å². The van der Waals surface area contributed by atoms with Crippen molar-refractivity contribution in [2.24, 2.45) is 0 Å². The fraction of sp³-hybridized carbons (Fsp3) is 0. The molecule has 1 amide bonds. The number of nitro groups is 1. The molecule has 9 nitrogen and oxygen atoms in total. The van der Waals surface area contributed by atoms with Crippen LogP contribution in [0.3, 0.4) is 0 Å². The molecule has 3 aromatic carbocycles. The summed E-state index contributed by atoms with van der Waals surface area (Å²) in [6, 6.07) is 19.2. The van der Waals surface area contributed by atoms with Crippen LogP contribution in [0.15, 0.2) is 86.4 Å². The molecule has 2 heterocycles. The predicted molar refractivity (Wildman–Crippen MR) is 117 cm³/mol. The molecule has 2 aromatic heterocycles. The number of aromatic nitrogens is 1. The lowest BCUT2D eigenvalue weighted by Gasteiger charge is -2.08. The maximum atomic E-state index is 12.9. The number of nitro benzene ring substituents is 1. The number of fused-ring (bicyclic) bond motifs is 2. The van der Waals surface area contributed by atoms with Crippen molar-refractivity contribution in [3.8, 4) is 11.5 Å². The molecule has 0 aliphatic rings. The molecule has 5 rings (SSSR count). The van der Waals surface area contributed by atoms with Gasteiger partial charge in [0.2, 0.25) is 5.89 Å². The lowest BCUT2D eigenvalue weighted by molar-refractivity contribution is -0.384. The molecule has 0 saturated heterocycles. The second kappa shape index (κ2) is 7.47. The highest BCUT2D eigenvalue weighted by atomic mass is 16.6. The van der Waals surface area contributed by atoms with E-state index in [1.54, 1.807) is 48.5 Å². The molecular weight excluding hydrogens is 414 g/mol. The van der Waals surface area contributed by atoms with Gasteiger partial charge in [-0.1, -0.05) is 30.3 Å². The summed E-state index contributed by atoms with van der Waals surface area (Å²) in [6.45, 7) is 0. The van der Waals surface area contributed by atoms with Crippen LogP contribution >= 0.6 is 0 Å². The Bertz CT molecular complexity index is 1580. The molecule has 0 atom stereocenters. The summed E-state index contributed by atoms with van der Waals surface area (Å²) < 4.78 is 11.0. The van der Waals surface area contributed by atoms with E-state index in [0.717, 1.165) is 0 Å². The van der Waals surface area contributed by atoms with Crippen LogP contribution in [0.5, 0.6) is 0 Å². The van der Waals surface area contributed by atoms with E-state index in [0.29, 0.717) is 33.3 Å². The van der Waals surface area contributed by atoms with Crippen LogP contribution < -0.4 is 10.9 Å². The Morgan fingerprint density at radius 1 is 0.938 bits per heavy atom. The fourth-order valence-corrected chi connectivity index (χ4v) is 3.33. The maximum Gasteiger partial charge on any atom is 0.349 e. The predicted octanol–water partition coefficient (Wildman–Crippen LogP) is 4.76. The van der Waals surface area contributed by atoms with E-state index in [1.807, 2.05) is 0 Å². The van der Waals surface area contributed by atoms with Crippen molar-refractivity contribution in [3.05, 3.63) is 98.9 Å². The molecule has 0 radical (unpaired) electrons. The largest absolute Gasteiger partial charge is 0.436 e. The average molecular weight is 427 g/mol. The minimum atomic E-state index is -0.757. The molecule has 0 unspecified atom stereocenters. The topological polar surface area (TPSA) is 128 Å². The van der Waals surface area contributed by atoms with Crippen molar-refractivity contribution in [1.29, 1.82) is 0 Å². The number of carbonyl (C=O) groups is 1. The van der Waals surface area contributed by atoms with Crippen LogP contribution in [-0.4, -0.2) is 15.8 Å². The molecule has 9 heteroatoms. The molecule has 0 saturated carbocycles. The van der Waals surface area contributed by atoms with E-state index in [2.05, 4.69) is 10.3 Å². The van der Waals surface area contributed by atoms with E-state index in [1.165, 1.54) is 24.3 Å². The highest BCUT2D eigenvalue weighted by molar-refractivity contribution is 6.07. The number of nitrogens with zero attached hydrogens (tertiary/aromatic N) is 2. The van der Waals surface area contributed by atoms with Gasteiger partial charge in [0, 0.05) is 17.5 Å². The zero-order chi connectivity index (χ0) is 22.2. The zero-order valence-corrected chi connectivity index (χ0v) is 16.3. The van der Waals surface area contributed by atoms with Gasteiger partial charge in [-0.2, -0.15) is 0 Å². The Kier molecular flexibility index (Phi) is 4.48. The molecule has 0 spiro atoms. The lowest BCUT2D eigenvalue weighted by Crippen LogP contribution is -2.21. The third-order valence-electron chi connectivity index (χ3n) is 4.87. The third kappa shape index (κ3) is 3.37. The van der Waals surface area contributed by atoms with Crippen LogP contribution in [0.2, 0.25) is 0 Å². The monoisotopic (exact) mass is 427 g/mol. The fourth-order valence-electron chi connectivity index (χ4n) is 3.33. The van der Waals surface area contributed by atoms with Gasteiger partial charge in [0.05, 0.1) is 16.2 Å². The van der Waals surface area contributed by atoms with Crippen LogP contribution in [-0.2, 0) is 0 Å². The molecule has 0 bridgehead atoms. The standard InChI is InChI=1S/C23H13N3O6/c27-21(16-11-13-5-1-4-8-19(13)32-23(16)28)24-17-7-3-2-6-15(17)22-25-18-12-14(26(29)30)9-10-20(18)31-22/h1-12H,(H,24,27). The molecule has 5 aromatic rings. The Labute approximate surface area is 179 Å². The summed E-state index contributed by atoms with van der Waals surface area (Å²) in [5, 5.41) is 14.3. The van der Waals surface area contributed by atoms with Crippen molar-refractivity contribution in [2.45, 2.75) is 0 Å². The van der Waals surface area contributed by atoms with E-state index in [-0.39, 0.29) is 17.1 Å². The van der Waals surface area contributed by atoms with Gasteiger partial charge < -0.3 is 14.2 Å². The summed E-state index contributed by atoms with van der Waals surface area (Å²) in [5.41, 5.74) is 0.847. The Hall–Kier alpha value is -4.79. The normalized spacial score (nSPS) is 11.0. The molecular formula is C23H13N3O6. The van der Waals surface area contributed by atoms with Gasteiger partial charge in [-0.3, -0.25) is 14.9 Å². The van der Waals surface area contributed by atoms with Crippen LogP contribution in [0, 0.1) is 10.1 Å². The molecule has 1 N–H and O–H groups in total. The Morgan fingerprint density at radius 3 is 2.56 bits per heavy atom. The van der Waals surface area contributed by atoms with Crippen molar-refractivity contribution in [3.63, 3.8) is 0 Å². The molecule has 156 valence electrons. The summed E-state index contributed by atoms with van der Waals surface area (Å²) in [5.74, 6) is -0.481. The van der Waals surface area contributed by atoms with Crippen LogP contribution in [0.25, 0.3) is 33.5 Å². The average Bonchev–Trinajstić information content (AvgIpc) is 3.22. The summed E-state index contributed by atoms with van der Waals surface area (Å²) in [7, 11) is 0. The van der Waals surface area contributed by atoms with Gasteiger partial charge in [-0.25, -0.2) is 9.78 Å². The highest BCUT2D eigenvalue weighted by Gasteiger charge is 2.19. The lowest BCUT2D eigenvalue weighted by atomic mass is 10.1. The van der Waals surface area contributed by atoms with Crippen molar-refractivity contribution in [1.82, 2.24) is 4.98 Å². The maximum absolute atomic E-state index is 12.9. The minimum absolute atomic E-state index is 0.109. The van der Waals surface area contributed by atoms with Gasteiger partial charge >= 0.3 is 5.63 Å². The number of para-hydroxylation sites is 2. The van der Waals surface area contributed by atoms with Gasteiger partial charge in [0.15, 0.2) is 5.58 Å².